The largest absolute Gasteiger partial charge is 0.395 e. The van der Waals surface area contributed by atoms with E-state index >= 15 is 0 Å². The van der Waals surface area contributed by atoms with Crippen LogP contribution in [0.25, 0.3) is 0 Å². The number of rotatable bonds is 6. The summed E-state index contributed by atoms with van der Waals surface area (Å²) in [4.78, 5) is 48.0. The van der Waals surface area contributed by atoms with E-state index in [0.29, 0.717) is 30.2 Å². The third-order valence-electron chi connectivity index (χ3n) is 9.04. The van der Waals surface area contributed by atoms with Crippen molar-refractivity contribution in [2.75, 3.05) is 31.1 Å². The number of amides is 3. The molecule has 0 saturated carbocycles. The molecule has 9 heteroatoms. The van der Waals surface area contributed by atoms with Crippen LogP contribution < -0.4 is 4.90 Å². The highest BCUT2D eigenvalue weighted by molar-refractivity contribution is 6.34. The van der Waals surface area contributed by atoms with E-state index in [0.717, 1.165) is 11.1 Å². The van der Waals surface area contributed by atoms with Crippen molar-refractivity contribution < 1.29 is 24.2 Å². The molecule has 3 amide bonds. The number of aliphatic hydroxyl groups excluding tert-OH is 1. The number of hydrogen-bond donors (Lipinski definition) is 1. The standard InChI is InChI=1S/C32H34ClN3O5/c1-3-31-14-8-16-34(20-22-11-5-4-6-12-22)28(38)24(31)25-29(39)36(18-19-37)27-30(40)35(17-9-15-32(25,27)41-31)26-21(2)10-7-13-23(26)33/h4-15,24-25,27,37H,3,16-20H2,1-2H3/t24-,25+,27?,31+,32+/m1/s1. The number of para-hydroxylation sites is 1. The van der Waals surface area contributed by atoms with E-state index < -0.39 is 29.1 Å². The Morgan fingerprint density at radius 1 is 0.951 bits per heavy atom. The molecule has 214 valence electrons. The van der Waals surface area contributed by atoms with Crippen LogP contribution in [0.3, 0.4) is 0 Å². The lowest BCUT2D eigenvalue weighted by atomic mass is 9.73. The molecule has 0 aliphatic carbocycles. The summed E-state index contributed by atoms with van der Waals surface area (Å²) in [5.74, 6) is -2.65. The lowest BCUT2D eigenvalue weighted by Gasteiger charge is -2.38. The van der Waals surface area contributed by atoms with Crippen LogP contribution in [-0.4, -0.2) is 76.1 Å². The Morgan fingerprint density at radius 3 is 2.41 bits per heavy atom. The monoisotopic (exact) mass is 575 g/mol. The minimum atomic E-state index is -1.39. The number of aliphatic hydroxyl groups is 1. The maximum Gasteiger partial charge on any atom is 0.253 e. The molecule has 4 heterocycles. The lowest BCUT2D eigenvalue weighted by molar-refractivity contribution is -0.150. The number of carbonyl (C=O) groups excluding carboxylic acids is 3. The van der Waals surface area contributed by atoms with Crippen LogP contribution in [0.1, 0.15) is 24.5 Å². The second-order valence-corrected chi connectivity index (χ2v) is 11.6. The highest BCUT2D eigenvalue weighted by Crippen LogP contribution is 2.58. The quantitative estimate of drug-likeness (QED) is 0.533. The van der Waals surface area contributed by atoms with Crippen LogP contribution in [0.5, 0.6) is 0 Å². The van der Waals surface area contributed by atoms with E-state index in [1.165, 1.54) is 4.90 Å². The predicted octanol–water partition coefficient (Wildman–Crippen LogP) is 3.50. The minimum absolute atomic E-state index is 0.0519. The first-order valence-electron chi connectivity index (χ1n) is 14.1. The molecule has 1 spiro atoms. The van der Waals surface area contributed by atoms with Gasteiger partial charge >= 0.3 is 0 Å². The number of halogens is 1. The van der Waals surface area contributed by atoms with Gasteiger partial charge in [0.05, 0.1) is 34.8 Å². The summed E-state index contributed by atoms with van der Waals surface area (Å²) in [7, 11) is 0. The number of anilines is 1. The van der Waals surface area contributed by atoms with Crippen molar-refractivity contribution in [1.29, 1.82) is 0 Å². The molecule has 0 radical (unpaired) electrons. The fourth-order valence-corrected chi connectivity index (χ4v) is 7.59. The van der Waals surface area contributed by atoms with Crippen LogP contribution >= 0.6 is 11.6 Å². The van der Waals surface area contributed by atoms with Crippen LogP contribution in [0.15, 0.2) is 72.8 Å². The highest BCUT2D eigenvalue weighted by Gasteiger charge is 2.75. The Kier molecular flexibility index (Phi) is 7.04. The number of likely N-dealkylation sites (tertiary alicyclic amines) is 1. The normalized spacial score (nSPS) is 30.8. The molecule has 0 aromatic heterocycles. The van der Waals surface area contributed by atoms with E-state index in [9.17, 15) is 19.5 Å². The van der Waals surface area contributed by atoms with Crippen LogP contribution in [0.4, 0.5) is 5.69 Å². The van der Waals surface area contributed by atoms with Crippen molar-refractivity contribution in [2.45, 2.75) is 44.1 Å². The van der Waals surface area contributed by atoms with Crippen molar-refractivity contribution in [2.24, 2.45) is 11.8 Å². The third-order valence-corrected chi connectivity index (χ3v) is 9.34. The van der Waals surface area contributed by atoms with Crippen molar-refractivity contribution in [3.8, 4) is 0 Å². The molecule has 4 aliphatic rings. The molecule has 1 unspecified atom stereocenters. The molecule has 41 heavy (non-hydrogen) atoms. The van der Waals surface area contributed by atoms with Crippen molar-refractivity contribution in [3.63, 3.8) is 0 Å². The number of carbonyl (C=O) groups is 3. The van der Waals surface area contributed by atoms with Crippen molar-refractivity contribution >= 4 is 35.0 Å². The molecule has 2 saturated heterocycles. The first kappa shape index (κ1) is 27.7. The van der Waals surface area contributed by atoms with Gasteiger partial charge in [-0.1, -0.05) is 85.3 Å². The van der Waals surface area contributed by atoms with Gasteiger partial charge in [0.2, 0.25) is 11.8 Å². The number of hydrogen-bond acceptors (Lipinski definition) is 5. The molecule has 4 aliphatic heterocycles. The van der Waals surface area contributed by atoms with E-state index in [2.05, 4.69) is 0 Å². The van der Waals surface area contributed by atoms with E-state index in [1.807, 2.05) is 80.6 Å². The summed E-state index contributed by atoms with van der Waals surface area (Å²) in [6, 6.07) is 14.1. The summed E-state index contributed by atoms with van der Waals surface area (Å²) in [6.45, 7) is 4.46. The second kappa shape index (κ2) is 10.4. The maximum absolute atomic E-state index is 14.5. The smallest absolute Gasteiger partial charge is 0.253 e. The van der Waals surface area contributed by atoms with Gasteiger partial charge in [-0.2, -0.15) is 0 Å². The van der Waals surface area contributed by atoms with Gasteiger partial charge in [0.15, 0.2) is 0 Å². The van der Waals surface area contributed by atoms with E-state index in [-0.39, 0.29) is 37.4 Å². The van der Waals surface area contributed by atoms with Gasteiger partial charge in [-0.25, -0.2) is 0 Å². The predicted molar refractivity (Wildman–Crippen MR) is 155 cm³/mol. The summed E-state index contributed by atoms with van der Waals surface area (Å²) in [5, 5.41) is 10.4. The minimum Gasteiger partial charge on any atom is -0.395 e. The average Bonchev–Trinajstić information content (AvgIpc) is 3.25. The maximum atomic E-state index is 14.5. The molecule has 2 fully saturated rings. The fraction of sp³-hybridized carbons (Fsp3) is 0.406. The van der Waals surface area contributed by atoms with Gasteiger partial charge in [-0.05, 0) is 30.5 Å². The number of aryl methyl sites for hydroxylation is 1. The SMILES string of the molecule is CC[C@]12C=CCN(Cc3ccccc3)C(=O)[C@H]1[C@H]1C(=O)N(CCO)C3C(=O)N(c4c(C)cccc4Cl)CC=C[C@@]31O2. The van der Waals surface area contributed by atoms with E-state index in [1.54, 1.807) is 15.9 Å². The zero-order chi connectivity index (χ0) is 28.9. The first-order chi connectivity index (χ1) is 19.8. The zero-order valence-corrected chi connectivity index (χ0v) is 24.0. The molecular formula is C32H34ClN3O5. The lowest BCUT2D eigenvalue weighted by Crippen LogP contribution is -2.56. The Bertz CT molecular complexity index is 1420. The summed E-state index contributed by atoms with van der Waals surface area (Å²) in [5.41, 5.74) is -0.0688. The second-order valence-electron chi connectivity index (χ2n) is 11.2. The Balaban J connectivity index is 1.46. The summed E-state index contributed by atoms with van der Waals surface area (Å²) < 4.78 is 6.96. The van der Waals surface area contributed by atoms with E-state index in [4.69, 9.17) is 16.3 Å². The Labute approximate surface area is 244 Å². The molecule has 8 nitrogen and oxygen atoms in total. The average molecular weight is 576 g/mol. The van der Waals surface area contributed by atoms with Gasteiger partial charge < -0.3 is 24.5 Å². The summed E-state index contributed by atoms with van der Waals surface area (Å²) in [6.07, 6.45) is 7.97. The van der Waals surface area contributed by atoms with Crippen LogP contribution in [0, 0.1) is 18.8 Å². The number of β-amino-alcohol motifs (C(OH)–C–C–N with tert-alkyl or cyclic N) is 1. The molecule has 5 atom stereocenters. The number of fused-ring (bicyclic) bond motifs is 2. The Hall–Kier alpha value is -3.46. The molecule has 6 rings (SSSR count). The van der Waals surface area contributed by atoms with Gasteiger partial charge in [-0.3, -0.25) is 14.4 Å². The summed E-state index contributed by atoms with van der Waals surface area (Å²) >= 11 is 6.59. The fourth-order valence-electron chi connectivity index (χ4n) is 7.27. The van der Waals surface area contributed by atoms with Gasteiger partial charge in [0.1, 0.15) is 11.6 Å². The van der Waals surface area contributed by atoms with Gasteiger partial charge in [0.25, 0.3) is 5.91 Å². The van der Waals surface area contributed by atoms with Gasteiger partial charge in [-0.15, -0.1) is 0 Å². The van der Waals surface area contributed by atoms with Crippen LogP contribution in [0.2, 0.25) is 5.02 Å². The highest BCUT2D eigenvalue weighted by atomic mass is 35.5. The van der Waals surface area contributed by atoms with Crippen molar-refractivity contribution in [3.05, 3.63) is 89.0 Å². The molecule has 2 aromatic rings. The number of benzene rings is 2. The molecule has 0 bridgehead atoms. The molecule has 2 aromatic carbocycles. The Morgan fingerprint density at radius 2 is 1.71 bits per heavy atom. The third kappa shape index (κ3) is 4.15. The number of nitrogens with zero attached hydrogens (tertiary/aromatic N) is 3. The van der Waals surface area contributed by atoms with Gasteiger partial charge in [0, 0.05) is 26.2 Å². The zero-order valence-electron chi connectivity index (χ0n) is 23.2. The molecular weight excluding hydrogens is 542 g/mol. The van der Waals surface area contributed by atoms with Crippen molar-refractivity contribution in [1.82, 2.24) is 9.80 Å². The molecule has 1 N–H and O–H groups in total. The van der Waals surface area contributed by atoms with Crippen LogP contribution in [-0.2, 0) is 25.7 Å². The first-order valence-corrected chi connectivity index (χ1v) is 14.5. The number of ether oxygens (including phenoxy) is 1. The topological polar surface area (TPSA) is 90.4 Å².